The molecule has 1 nitrogen and oxygen atoms in total. The number of hydrogen-bond donors (Lipinski definition) is 1. The molecule has 0 aliphatic carbocycles. The minimum absolute atomic E-state index is 0.131. The van der Waals surface area contributed by atoms with Gasteiger partial charge < -0.3 is 5.11 Å². The maximum absolute atomic E-state index is 12.6. The zero-order valence-corrected chi connectivity index (χ0v) is 12.0. The molecule has 3 aromatic rings. The molecule has 0 saturated carbocycles. The van der Waals surface area contributed by atoms with Gasteiger partial charge in [0, 0.05) is 5.56 Å². The molecule has 0 aromatic heterocycles. The minimum atomic E-state index is -4.34. The number of alkyl halides is 3. The van der Waals surface area contributed by atoms with Crippen LogP contribution >= 0.6 is 0 Å². The summed E-state index contributed by atoms with van der Waals surface area (Å²) in [5, 5.41) is 10.0. The van der Waals surface area contributed by atoms with E-state index in [0.717, 1.165) is 23.3 Å². The zero-order valence-electron chi connectivity index (χ0n) is 12.0. The van der Waals surface area contributed by atoms with Gasteiger partial charge >= 0.3 is 6.18 Å². The van der Waals surface area contributed by atoms with Crippen LogP contribution in [0.3, 0.4) is 0 Å². The second kappa shape index (κ2) is 5.80. The summed E-state index contributed by atoms with van der Waals surface area (Å²) in [5.74, 6) is 0.131. The Bertz CT molecular complexity index is 806. The first kappa shape index (κ1) is 15.2. The van der Waals surface area contributed by atoms with Crippen LogP contribution in [0.15, 0.2) is 72.8 Å². The summed E-state index contributed by atoms with van der Waals surface area (Å²) in [6, 6.07) is 19.3. The normalized spacial score (nSPS) is 11.4. The first-order valence-corrected chi connectivity index (χ1v) is 7.01. The Kier molecular flexibility index (Phi) is 3.82. The van der Waals surface area contributed by atoms with Gasteiger partial charge in [0.15, 0.2) is 0 Å². The number of aromatic hydroxyl groups is 1. The smallest absolute Gasteiger partial charge is 0.416 e. The molecule has 0 amide bonds. The second-order valence-electron chi connectivity index (χ2n) is 5.17. The van der Waals surface area contributed by atoms with E-state index >= 15 is 0 Å². The van der Waals surface area contributed by atoms with Gasteiger partial charge in [-0.15, -0.1) is 0 Å². The number of rotatable bonds is 2. The van der Waals surface area contributed by atoms with Crippen LogP contribution in [0, 0.1) is 0 Å². The Morgan fingerprint density at radius 2 is 1.26 bits per heavy atom. The molecular formula is C19H13F3O. The van der Waals surface area contributed by atoms with Crippen LogP contribution in [-0.2, 0) is 6.18 Å². The quantitative estimate of drug-likeness (QED) is 0.639. The third-order valence-corrected chi connectivity index (χ3v) is 3.63. The van der Waals surface area contributed by atoms with Gasteiger partial charge in [-0.05, 0) is 41.0 Å². The lowest BCUT2D eigenvalue weighted by molar-refractivity contribution is -0.137. The van der Waals surface area contributed by atoms with Crippen molar-refractivity contribution in [3.8, 4) is 28.0 Å². The molecule has 3 aromatic carbocycles. The number of phenolic OH excluding ortho intramolecular Hbond substituents is 1. The summed E-state index contributed by atoms with van der Waals surface area (Å²) in [4.78, 5) is 0. The molecule has 0 atom stereocenters. The SMILES string of the molecule is Oc1ccc(-c2ccc(C(F)(F)F)cc2)cc1-c1ccccc1. The third-order valence-electron chi connectivity index (χ3n) is 3.63. The average Bonchev–Trinajstić information content (AvgIpc) is 2.55. The molecule has 4 heteroatoms. The van der Waals surface area contributed by atoms with Crippen LogP contribution < -0.4 is 0 Å². The Balaban J connectivity index is 2.01. The maximum Gasteiger partial charge on any atom is 0.416 e. The van der Waals surface area contributed by atoms with Gasteiger partial charge in [0.2, 0.25) is 0 Å². The third kappa shape index (κ3) is 3.21. The van der Waals surface area contributed by atoms with Crippen molar-refractivity contribution in [2.75, 3.05) is 0 Å². The van der Waals surface area contributed by atoms with Gasteiger partial charge in [0.25, 0.3) is 0 Å². The summed E-state index contributed by atoms with van der Waals surface area (Å²) < 4.78 is 37.9. The molecule has 0 aliphatic rings. The first-order valence-electron chi connectivity index (χ1n) is 7.01. The van der Waals surface area contributed by atoms with E-state index in [1.54, 1.807) is 18.2 Å². The average molecular weight is 314 g/mol. The molecular weight excluding hydrogens is 301 g/mol. The largest absolute Gasteiger partial charge is 0.507 e. The lowest BCUT2D eigenvalue weighted by Crippen LogP contribution is -2.03. The van der Waals surface area contributed by atoms with Crippen LogP contribution in [0.25, 0.3) is 22.3 Å². The number of phenols is 1. The van der Waals surface area contributed by atoms with Gasteiger partial charge in [-0.1, -0.05) is 48.5 Å². The standard InChI is InChI=1S/C19H13F3O/c20-19(21,22)16-9-6-13(7-10-16)15-8-11-18(23)17(12-15)14-4-2-1-3-5-14/h1-12,23H. The monoisotopic (exact) mass is 314 g/mol. The number of hydrogen-bond acceptors (Lipinski definition) is 1. The molecule has 3 rings (SSSR count). The van der Waals surface area contributed by atoms with E-state index in [1.165, 1.54) is 12.1 Å². The molecule has 0 saturated heterocycles. The summed E-state index contributed by atoms with van der Waals surface area (Å²) in [6.45, 7) is 0. The minimum Gasteiger partial charge on any atom is -0.507 e. The fourth-order valence-electron chi connectivity index (χ4n) is 2.42. The Hall–Kier alpha value is -2.75. The molecule has 0 unspecified atom stereocenters. The van der Waals surface area contributed by atoms with Gasteiger partial charge in [0.05, 0.1) is 5.56 Å². The van der Waals surface area contributed by atoms with Crippen molar-refractivity contribution in [2.24, 2.45) is 0 Å². The fraction of sp³-hybridized carbons (Fsp3) is 0.0526. The van der Waals surface area contributed by atoms with E-state index in [2.05, 4.69) is 0 Å². The molecule has 0 spiro atoms. The zero-order chi connectivity index (χ0) is 16.4. The van der Waals surface area contributed by atoms with E-state index in [0.29, 0.717) is 11.1 Å². The van der Waals surface area contributed by atoms with Crippen molar-refractivity contribution >= 4 is 0 Å². The molecule has 1 N–H and O–H groups in total. The summed E-state index contributed by atoms with van der Waals surface area (Å²) in [5.41, 5.74) is 2.22. The van der Waals surface area contributed by atoms with Crippen LogP contribution in [0.1, 0.15) is 5.56 Å². The predicted octanol–water partition coefficient (Wildman–Crippen LogP) is 5.75. The lowest BCUT2D eigenvalue weighted by Gasteiger charge is -2.10. The molecule has 0 aliphatic heterocycles. The van der Waals surface area contributed by atoms with Gasteiger partial charge in [-0.25, -0.2) is 0 Å². The number of halogens is 3. The Morgan fingerprint density at radius 1 is 0.652 bits per heavy atom. The van der Waals surface area contributed by atoms with Crippen LogP contribution in [-0.4, -0.2) is 5.11 Å². The molecule has 116 valence electrons. The Morgan fingerprint density at radius 3 is 1.87 bits per heavy atom. The highest BCUT2D eigenvalue weighted by molar-refractivity contribution is 5.77. The highest BCUT2D eigenvalue weighted by Gasteiger charge is 2.29. The van der Waals surface area contributed by atoms with E-state index < -0.39 is 11.7 Å². The van der Waals surface area contributed by atoms with E-state index in [4.69, 9.17) is 0 Å². The van der Waals surface area contributed by atoms with Gasteiger partial charge in [-0.3, -0.25) is 0 Å². The van der Waals surface area contributed by atoms with Crippen molar-refractivity contribution in [1.29, 1.82) is 0 Å². The van der Waals surface area contributed by atoms with Crippen molar-refractivity contribution in [3.05, 3.63) is 78.4 Å². The summed E-state index contributed by atoms with van der Waals surface area (Å²) in [7, 11) is 0. The van der Waals surface area contributed by atoms with Crippen molar-refractivity contribution in [1.82, 2.24) is 0 Å². The first-order chi connectivity index (χ1) is 10.9. The van der Waals surface area contributed by atoms with E-state index in [1.807, 2.05) is 30.3 Å². The van der Waals surface area contributed by atoms with Gasteiger partial charge in [0.1, 0.15) is 5.75 Å². The molecule has 0 radical (unpaired) electrons. The van der Waals surface area contributed by atoms with Crippen LogP contribution in [0.4, 0.5) is 13.2 Å². The van der Waals surface area contributed by atoms with Gasteiger partial charge in [-0.2, -0.15) is 13.2 Å². The lowest BCUT2D eigenvalue weighted by atomic mass is 9.97. The molecule has 23 heavy (non-hydrogen) atoms. The van der Waals surface area contributed by atoms with Crippen molar-refractivity contribution in [2.45, 2.75) is 6.18 Å². The maximum atomic E-state index is 12.6. The van der Waals surface area contributed by atoms with Crippen LogP contribution in [0.2, 0.25) is 0 Å². The summed E-state index contributed by atoms with van der Waals surface area (Å²) >= 11 is 0. The molecule has 0 heterocycles. The number of benzene rings is 3. The fourth-order valence-corrected chi connectivity index (χ4v) is 2.42. The topological polar surface area (TPSA) is 20.2 Å². The molecule has 0 bridgehead atoms. The van der Waals surface area contributed by atoms with Crippen molar-refractivity contribution in [3.63, 3.8) is 0 Å². The van der Waals surface area contributed by atoms with E-state index in [-0.39, 0.29) is 5.75 Å². The van der Waals surface area contributed by atoms with E-state index in [9.17, 15) is 18.3 Å². The highest BCUT2D eigenvalue weighted by Crippen LogP contribution is 2.35. The second-order valence-corrected chi connectivity index (χ2v) is 5.17. The summed E-state index contributed by atoms with van der Waals surface area (Å²) in [6.07, 6.45) is -4.34. The molecule has 0 fully saturated rings. The Labute approximate surface area is 131 Å². The van der Waals surface area contributed by atoms with Crippen LogP contribution in [0.5, 0.6) is 5.75 Å². The highest BCUT2D eigenvalue weighted by atomic mass is 19.4. The van der Waals surface area contributed by atoms with Crippen molar-refractivity contribution < 1.29 is 18.3 Å². The predicted molar refractivity (Wildman–Crippen MR) is 84.0 cm³/mol.